The van der Waals surface area contributed by atoms with Crippen molar-refractivity contribution < 1.29 is 13.9 Å². The fraction of sp³-hybridized carbons (Fsp3) is 0.250. The van der Waals surface area contributed by atoms with Gasteiger partial charge in [0.25, 0.3) is 0 Å². The molecule has 16 heavy (non-hydrogen) atoms. The molecule has 0 saturated heterocycles. The highest BCUT2D eigenvalue weighted by molar-refractivity contribution is 6.00. The van der Waals surface area contributed by atoms with Crippen LogP contribution in [0.5, 0.6) is 5.75 Å². The third kappa shape index (κ3) is 2.59. The smallest absolute Gasteiger partial charge is 0.180 e. The summed E-state index contributed by atoms with van der Waals surface area (Å²) < 4.78 is 18.0. The largest absolute Gasteiger partial charge is 0.494 e. The molecule has 0 saturated carbocycles. The maximum absolute atomic E-state index is 13.3. The molecule has 0 aliphatic carbocycles. The number of halogens is 1. The van der Waals surface area contributed by atoms with E-state index in [0.717, 1.165) is 6.07 Å². The Kier molecular flexibility index (Phi) is 4.03. The first kappa shape index (κ1) is 12.2. The molecule has 0 aromatic heterocycles. The van der Waals surface area contributed by atoms with Crippen molar-refractivity contribution in [2.24, 2.45) is 5.73 Å². The van der Waals surface area contributed by atoms with Crippen molar-refractivity contribution in [2.45, 2.75) is 12.5 Å². The first-order valence-corrected chi connectivity index (χ1v) is 4.67. The lowest BCUT2D eigenvalue weighted by atomic mass is 10.0. The van der Waals surface area contributed by atoms with Crippen molar-refractivity contribution in [3.8, 4) is 18.1 Å². The number of hydrogen-bond acceptors (Lipinski definition) is 3. The Morgan fingerprint density at radius 1 is 1.69 bits per heavy atom. The van der Waals surface area contributed by atoms with Gasteiger partial charge in [0.2, 0.25) is 0 Å². The number of nitrogens with two attached hydrogens (primary N) is 1. The molecule has 0 spiro atoms. The van der Waals surface area contributed by atoms with E-state index in [4.69, 9.17) is 16.9 Å². The van der Waals surface area contributed by atoms with Gasteiger partial charge in [-0.1, -0.05) is 0 Å². The zero-order chi connectivity index (χ0) is 12.1. The summed E-state index contributed by atoms with van der Waals surface area (Å²) in [4.78, 5) is 11.7. The predicted octanol–water partition coefficient (Wildman–Crippen LogP) is 1.37. The average Bonchev–Trinajstić information content (AvgIpc) is 2.28. The van der Waals surface area contributed by atoms with Crippen molar-refractivity contribution in [2.75, 3.05) is 7.11 Å². The van der Waals surface area contributed by atoms with Crippen molar-refractivity contribution in [1.82, 2.24) is 0 Å². The van der Waals surface area contributed by atoms with E-state index in [1.165, 1.54) is 19.2 Å². The number of ether oxygens (including phenoxy) is 1. The normalized spacial score (nSPS) is 11.6. The lowest BCUT2D eigenvalue weighted by Gasteiger charge is -2.08. The molecule has 0 fully saturated rings. The summed E-state index contributed by atoms with van der Waals surface area (Å²) >= 11 is 0. The van der Waals surface area contributed by atoms with Gasteiger partial charge in [-0.25, -0.2) is 4.39 Å². The van der Waals surface area contributed by atoms with E-state index < -0.39 is 11.9 Å². The number of Topliss-reactive ketones (excluding diaryl/α,β-unsaturated/α-hetero) is 1. The highest BCUT2D eigenvalue weighted by Crippen LogP contribution is 2.18. The van der Waals surface area contributed by atoms with E-state index >= 15 is 0 Å². The molecule has 1 aromatic rings. The standard InChI is InChI=1S/C12H12FNO2/c1-3-4-10(14)12(15)8-5-6-11(16-2)9(13)7-8/h1,5-7,10H,4,14H2,2H3. The van der Waals surface area contributed by atoms with Crippen molar-refractivity contribution in [3.05, 3.63) is 29.6 Å². The summed E-state index contributed by atoms with van der Waals surface area (Å²) in [6.45, 7) is 0. The van der Waals surface area contributed by atoms with E-state index in [1.54, 1.807) is 0 Å². The van der Waals surface area contributed by atoms with E-state index in [2.05, 4.69) is 5.92 Å². The van der Waals surface area contributed by atoms with Crippen molar-refractivity contribution in [1.29, 1.82) is 0 Å². The summed E-state index contributed by atoms with van der Waals surface area (Å²) in [5, 5.41) is 0. The monoisotopic (exact) mass is 221 g/mol. The molecule has 1 aromatic carbocycles. The summed E-state index contributed by atoms with van der Waals surface area (Å²) in [5.41, 5.74) is 5.73. The van der Waals surface area contributed by atoms with Crippen LogP contribution < -0.4 is 10.5 Å². The van der Waals surface area contributed by atoms with Crippen LogP contribution in [0.15, 0.2) is 18.2 Å². The van der Waals surface area contributed by atoms with Crippen LogP contribution in [-0.2, 0) is 0 Å². The Balaban J connectivity index is 2.94. The lowest BCUT2D eigenvalue weighted by Crippen LogP contribution is -2.30. The van der Waals surface area contributed by atoms with E-state index in [0.29, 0.717) is 0 Å². The van der Waals surface area contributed by atoms with Crippen LogP contribution in [0, 0.1) is 18.2 Å². The Morgan fingerprint density at radius 2 is 2.38 bits per heavy atom. The molecule has 0 bridgehead atoms. The molecule has 1 rings (SSSR count). The maximum atomic E-state index is 13.3. The Bertz CT molecular complexity index is 437. The molecule has 0 radical (unpaired) electrons. The lowest BCUT2D eigenvalue weighted by molar-refractivity contribution is 0.0962. The fourth-order valence-electron chi connectivity index (χ4n) is 1.25. The fourth-order valence-corrected chi connectivity index (χ4v) is 1.25. The summed E-state index contributed by atoms with van der Waals surface area (Å²) in [6, 6.07) is 3.14. The summed E-state index contributed by atoms with van der Waals surface area (Å²) in [6.07, 6.45) is 5.18. The third-order valence-corrected chi connectivity index (χ3v) is 2.11. The first-order valence-electron chi connectivity index (χ1n) is 4.67. The van der Waals surface area contributed by atoms with Crippen LogP contribution in [0.25, 0.3) is 0 Å². The SMILES string of the molecule is C#CCC(N)C(=O)c1ccc(OC)c(F)c1. The molecule has 84 valence electrons. The van der Waals surface area contributed by atoms with Gasteiger partial charge in [0.15, 0.2) is 17.3 Å². The molecule has 1 unspecified atom stereocenters. The van der Waals surface area contributed by atoms with Gasteiger partial charge in [-0.05, 0) is 18.2 Å². The zero-order valence-corrected chi connectivity index (χ0v) is 8.87. The molecule has 0 aliphatic heterocycles. The van der Waals surface area contributed by atoms with Gasteiger partial charge in [-0.3, -0.25) is 4.79 Å². The molecule has 4 heteroatoms. The number of hydrogen-bond donors (Lipinski definition) is 1. The number of carbonyl (C=O) groups excluding carboxylic acids is 1. The molecular weight excluding hydrogens is 209 g/mol. The average molecular weight is 221 g/mol. The number of terminal acetylenes is 1. The van der Waals surface area contributed by atoms with Gasteiger partial charge in [-0.15, -0.1) is 12.3 Å². The van der Waals surface area contributed by atoms with Gasteiger partial charge in [-0.2, -0.15) is 0 Å². The minimum atomic E-state index is -0.794. The molecule has 0 heterocycles. The third-order valence-electron chi connectivity index (χ3n) is 2.11. The number of carbonyl (C=O) groups is 1. The second-order valence-corrected chi connectivity index (χ2v) is 3.23. The van der Waals surface area contributed by atoms with Crippen molar-refractivity contribution >= 4 is 5.78 Å². The Hall–Kier alpha value is -1.86. The maximum Gasteiger partial charge on any atom is 0.180 e. The highest BCUT2D eigenvalue weighted by Gasteiger charge is 2.16. The topological polar surface area (TPSA) is 52.3 Å². The van der Waals surface area contributed by atoms with Gasteiger partial charge in [0.1, 0.15) is 0 Å². The van der Waals surface area contributed by atoms with Crippen molar-refractivity contribution in [3.63, 3.8) is 0 Å². The van der Waals surface area contributed by atoms with Crippen LogP contribution >= 0.6 is 0 Å². The first-order chi connectivity index (χ1) is 7.60. The van der Waals surface area contributed by atoms with Gasteiger partial charge >= 0.3 is 0 Å². The molecule has 3 nitrogen and oxygen atoms in total. The second-order valence-electron chi connectivity index (χ2n) is 3.23. The van der Waals surface area contributed by atoms with Crippen LogP contribution in [0.4, 0.5) is 4.39 Å². The Morgan fingerprint density at radius 3 is 2.88 bits per heavy atom. The van der Waals surface area contributed by atoms with Crippen LogP contribution in [0.1, 0.15) is 16.8 Å². The van der Waals surface area contributed by atoms with Crippen LogP contribution in [0.2, 0.25) is 0 Å². The number of rotatable bonds is 4. The van der Waals surface area contributed by atoms with E-state index in [-0.39, 0.29) is 23.5 Å². The minimum Gasteiger partial charge on any atom is -0.494 e. The zero-order valence-electron chi connectivity index (χ0n) is 8.87. The predicted molar refractivity (Wildman–Crippen MR) is 58.7 cm³/mol. The number of benzene rings is 1. The Labute approximate surface area is 93.4 Å². The molecule has 0 aliphatic rings. The van der Waals surface area contributed by atoms with E-state index in [1.807, 2.05) is 0 Å². The van der Waals surface area contributed by atoms with Gasteiger partial charge in [0, 0.05) is 12.0 Å². The quantitative estimate of drug-likeness (QED) is 0.617. The highest BCUT2D eigenvalue weighted by atomic mass is 19.1. The van der Waals surface area contributed by atoms with E-state index in [9.17, 15) is 9.18 Å². The van der Waals surface area contributed by atoms with Crippen LogP contribution in [-0.4, -0.2) is 18.9 Å². The molecular formula is C12H12FNO2. The second kappa shape index (κ2) is 5.29. The minimum absolute atomic E-state index is 0.0853. The van der Waals surface area contributed by atoms with Gasteiger partial charge in [0.05, 0.1) is 13.2 Å². The number of methoxy groups -OCH3 is 1. The molecule has 2 N–H and O–H groups in total. The molecule has 0 amide bonds. The molecule has 1 atom stereocenters. The summed E-state index contributed by atoms with van der Waals surface area (Å²) in [7, 11) is 1.35. The number of ketones is 1. The van der Waals surface area contributed by atoms with Gasteiger partial charge < -0.3 is 10.5 Å². The summed E-state index contributed by atoms with van der Waals surface area (Å²) in [5.74, 6) is 1.40. The van der Waals surface area contributed by atoms with Crippen LogP contribution in [0.3, 0.4) is 0 Å².